The summed E-state index contributed by atoms with van der Waals surface area (Å²) in [6, 6.07) is 3.94. The number of H-pyrrole nitrogens is 1. The van der Waals surface area contributed by atoms with Gasteiger partial charge >= 0.3 is 0 Å². The molecule has 6 heteroatoms. The van der Waals surface area contributed by atoms with Gasteiger partial charge in [-0.15, -0.1) is 0 Å². The predicted octanol–water partition coefficient (Wildman–Crippen LogP) is 3.29. The molecular weight excluding hydrogens is 276 g/mol. The molecule has 100 valence electrons. The second-order valence-electron chi connectivity index (χ2n) is 4.69. The number of aromatic nitrogens is 4. The van der Waals surface area contributed by atoms with Crippen molar-refractivity contribution in [3.8, 4) is 11.4 Å². The number of aromatic amines is 1. The highest BCUT2D eigenvalue weighted by molar-refractivity contribution is 7.99. The smallest absolute Gasteiger partial charge is 0.195 e. The summed E-state index contributed by atoms with van der Waals surface area (Å²) >= 11 is 7.41. The monoisotopic (exact) mass is 292 g/mol. The van der Waals surface area contributed by atoms with E-state index in [-0.39, 0.29) is 0 Å². The lowest BCUT2D eigenvalue weighted by Gasteiger charge is -2.22. The first-order valence-corrected chi connectivity index (χ1v) is 7.97. The van der Waals surface area contributed by atoms with Crippen molar-refractivity contribution in [3.05, 3.63) is 29.3 Å². The van der Waals surface area contributed by atoms with E-state index in [9.17, 15) is 0 Å². The lowest BCUT2D eigenvalue weighted by atomic mass is 10.2. The van der Waals surface area contributed by atoms with Crippen molar-refractivity contribution < 1.29 is 0 Å². The van der Waals surface area contributed by atoms with Gasteiger partial charge in [0.05, 0.1) is 0 Å². The molecule has 1 unspecified atom stereocenters. The number of hydrogen-bond acceptors (Lipinski definition) is 4. The normalized spacial score (nSPS) is 19.5. The highest BCUT2D eigenvalue weighted by atomic mass is 32.2. The minimum absolute atomic E-state index is 0.652. The number of pyridine rings is 1. The SMILES string of the molecule is S=c1[nH]nc(-c2ccncc2)n1CC1CCCCS1. The molecule has 1 aliphatic heterocycles. The van der Waals surface area contributed by atoms with Crippen molar-refractivity contribution in [1.82, 2.24) is 19.7 Å². The Kier molecular flexibility index (Phi) is 3.98. The molecular formula is C13H16N4S2. The van der Waals surface area contributed by atoms with Gasteiger partial charge in [-0.25, -0.2) is 0 Å². The van der Waals surface area contributed by atoms with Crippen LogP contribution in [-0.2, 0) is 6.54 Å². The van der Waals surface area contributed by atoms with Crippen molar-refractivity contribution in [2.45, 2.75) is 31.1 Å². The van der Waals surface area contributed by atoms with Crippen LogP contribution in [0.2, 0.25) is 0 Å². The molecule has 0 saturated carbocycles. The van der Waals surface area contributed by atoms with Crippen LogP contribution in [-0.4, -0.2) is 30.8 Å². The summed E-state index contributed by atoms with van der Waals surface area (Å²) in [5.74, 6) is 2.18. The van der Waals surface area contributed by atoms with E-state index < -0.39 is 0 Å². The number of thioether (sulfide) groups is 1. The van der Waals surface area contributed by atoms with Crippen molar-refractivity contribution in [1.29, 1.82) is 0 Å². The van der Waals surface area contributed by atoms with Crippen LogP contribution in [0, 0.1) is 4.77 Å². The Morgan fingerprint density at radius 2 is 2.21 bits per heavy atom. The molecule has 0 aromatic carbocycles. The number of nitrogens with zero attached hydrogens (tertiary/aromatic N) is 3. The van der Waals surface area contributed by atoms with Gasteiger partial charge in [-0.2, -0.15) is 16.9 Å². The van der Waals surface area contributed by atoms with E-state index >= 15 is 0 Å². The summed E-state index contributed by atoms with van der Waals surface area (Å²) in [5.41, 5.74) is 1.06. The third-order valence-electron chi connectivity index (χ3n) is 3.36. The van der Waals surface area contributed by atoms with Crippen molar-refractivity contribution in [2.24, 2.45) is 0 Å². The second-order valence-corrected chi connectivity index (χ2v) is 6.48. The lowest BCUT2D eigenvalue weighted by Crippen LogP contribution is -2.17. The van der Waals surface area contributed by atoms with E-state index in [1.807, 2.05) is 12.1 Å². The van der Waals surface area contributed by atoms with Gasteiger partial charge in [-0.1, -0.05) is 6.42 Å². The quantitative estimate of drug-likeness (QED) is 0.882. The van der Waals surface area contributed by atoms with Crippen LogP contribution in [0.1, 0.15) is 19.3 Å². The summed E-state index contributed by atoms with van der Waals surface area (Å²) in [6.45, 7) is 0.942. The Morgan fingerprint density at radius 3 is 2.95 bits per heavy atom. The highest BCUT2D eigenvalue weighted by Crippen LogP contribution is 2.27. The van der Waals surface area contributed by atoms with Crippen LogP contribution >= 0.6 is 24.0 Å². The van der Waals surface area contributed by atoms with Gasteiger partial charge < -0.3 is 0 Å². The van der Waals surface area contributed by atoms with E-state index in [4.69, 9.17) is 12.2 Å². The summed E-state index contributed by atoms with van der Waals surface area (Å²) in [5, 5.41) is 7.92. The minimum Gasteiger partial charge on any atom is -0.299 e. The zero-order chi connectivity index (χ0) is 13.1. The zero-order valence-electron chi connectivity index (χ0n) is 10.6. The van der Waals surface area contributed by atoms with Gasteiger partial charge in [0, 0.05) is 29.8 Å². The van der Waals surface area contributed by atoms with Gasteiger partial charge in [0.15, 0.2) is 10.6 Å². The Bertz CT molecular complexity index is 584. The molecule has 0 amide bonds. The van der Waals surface area contributed by atoms with E-state index in [0.29, 0.717) is 10.0 Å². The van der Waals surface area contributed by atoms with E-state index in [1.165, 1.54) is 25.0 Å². The third-order valence-corrected chi connectivity index (χ3v) is 5.05. The molecule has 4 nitrogen and oxygen atoms in total. The molecule has 1 aliphatic rings. The first-order chi connectivity index (χ1) is 9.34. The average Bonchev–Trinajstić information content (AvgIpc) is 2.82. The number of hydrogen-bond donors (Lipinski definition) is 1. The maximum atomic E-state index is 5.36. The summed E-state index contributed by atoms with van der Waals surface area (Å²) < 4.78 is 2.83. The maximum absolute atomic E-state index is 5.36. The van der Waals surface area contributed by atoms with Crippen LogP contribution in [0.5, 0.6) is 0 Å². The van der Waals surface area contributed by atoms with E-state index in [1.54, 1.807) is 12.4 Å². The summed E-state index contributed by atoms with van der Waals surface area (Å²) in [7, 11) is 0. The van der Waals surface area contributed by atoms with Gasteiger partial charge in [0.25, 0.3) is 0 Å². The average molecular weight is 292 g/mol. The molecule has 1 N–H and O–H groups in total. The first-order valence-electron chi connectivity index (χ1n) is 6.52. The highest BCUT2D eigenvalue weighted by Gasteiger charge is 2.17. The standard InChI is InChI=1S/C13H16N4S2/c18-13-16-15-12(10-4-6-14-7-5-10)17(13)9-11-3-1-2-8-19-11/h4-7,11H,1-3,8-9H2,(H,16,18). The van der Waals surface area contributed by atoms with Crippen LogP contribution in [0.25, 0.3) is 11.4 Å². The molecule has 0 bridgehead atoms. The van der Waals surface area contributed by atoms with Gasteiger partial charge in [0.1, 0.15) is 0 Å². The Hall–Kier alpha value is -1.14. The zero-order valence-corrected chi connectivity index (χ0v) is 12.2. The largest absolute Gasteiger partial charge is 0.299 e. The topological polar surface area (TPSA) is 46.5 Å². The molecule has 1 atom stereocenters. The molecule has 19 heavy (non-hydrogen) atoms. The molecule has 2 aromatic rings. The molecule has 1 saturated heterocycles. The fourth-order valence-electron chi connectivity index (χ4n) is 2.36. The second kappa shape index (κ2) is 5.88. The molecule has 0 spiro atoms. The molecule has 0 aliphatic carbocycles. The van der Waals surface area contributed by atoms with Crippen LogP contribution in [0.3, 0.4) is 0 Å². The Labute approximate surface area is 121 Å². The molecule has 0 radical (unpaired) electrons. The molecule has 3 heterocycles. The molecule has 3 rings (SSSR count). The van der Waals surface area contributed by atoms with Crippen LogP contribution in [0.15, 0.2) is 24.5 Å². The van der Waals surface area contributed by atoms with E-state index in [2.05, 4.69) is 31.5 Å². The third kappa shape index (κ3) is 2.90. The van der Waals surface area contributed by atoms with Crippen LogP contribution < -0.4 is 0 Å². The van der Waals surface area contributed by atoms with Gasteiger partial charge in [0.2, 0.25) is 0 Å². The Balaban J connectivity index is 1.88. The summed E-state index contributed by atoms with van der Waals surface area (Å²) in [6.07, 6.45) is 7.51. The maximum Gasteiger partial charge on any atom is 0.195 e. The molecule has 1 fully saturated rings. The fraction of sp³-hybridized carbons (Fsp3) is 0.462. The lowest BCUT2D eigenvalue weighted by molar-refractivity contribution is 0.581. The van der Waals surface area contributed by atoms with E-state index in [0.717, 1.165) is 17.9 Å². The number of rotatable bonds is 3. The van der Waals surface area contributed by atoms with Crippen molar-refractivity contribution in [2.75, 3.05) is 5.75 Å². The predicted molar refractivity (Wildman–Crippen MR) is 80.7 cm³/mol. The first kappa shape index (κ1) is 12.9. The van der Waals surface area contributed by atoms with Crippen molar-refractivity contribution in [3.63, 3.8) is 0 Å². The Morgan fingerprint density at radius 1 is 1.37 bits per heavy atom. The summed E-state index contributed by atoms with van der Waals surface area (Å²) in [4.78, 5) is 4.05. The number of nitrogens with one attached hydrogen (secondary N) is 1. The minimum atomic E-state index is 0.652. The fourth-order valence-corrected chi connectivity index (χ4v) is 3.86. The molecule has 2 aromatic heterocycles. The van der Waals surface area contributed by atoms with Gasteiger partial charge in [-0.3, -0.25) is 14.6 Å². The van der Waals surface area contributed by atoms with Gasteiger partial charge in [-0.05, 0) is 42.9 Å². The van der Waals surface area contributed by atoms with Crippen molar-refractivity contribution >= 4 is 24.0 Å². The van der Waals surface area contributed by atoms with Crippen LogP contribution in [0.4, 0.5) is 0 Å².